The fourth-order valence-electron chi connectivity index (χ4n) is 3.13. The van der Waals surface area contributed by atoms with Crippen molar-refractivity contribution in [3.05, 3.63) is 78.3 Å². The number of ether oxygens (including phenoxy) is 1. The Morgan fingerprint density at radius 3 is 2.19 bits per heavy atom. The van der Waals surface area contributed by atoms with Crippen LogP contribution in [-0.2, 0) is 14.8 Å². The molecule has 0 saturated carbocycles. The summed E-state index contributed by atoms with van der Waals surface area (Å²) >= 11 is 0. The number of anilines is 2. The van der Waals surface area contributed by atoms with Crippen molar-refractivity contribution in [2.75, 3.05) is 23.8 Å². The summed E-state index contributed by atoms with van der Waals surface area (Å²) in [6.45, 7) is 2.13. The SMILES string of the molecule is COCC(Nc1nc2ccccc2nc1NS(=O)(=O)c1ccccc1)c1ccc(C)o1. The second kappa shape index (κ2) is 8.75. The van der Waals surface area contributed by atoms with Crippen molar-refractivity contribution >= 4 is 32.7 Å². The first-order valence-electron chi connectivity index (χ1n) is 9.63. The van der Waals surface area contributed by atoms with Gasteiger partial charge in [0.1, 0.15) is 17.6 Å². The Labute approximate surface area is 180 Å². The Balaban J connectivity index is 1.76. The summed E-state index contributed by atoms with van der Waals surface area (Å²) < 4.78 is 39.5. The molecule has 0 aliphatic rings. The summed E-state index contributed by atoms with van der Waals surface area (Å²) in [7, 11) is -2.28. The molecule has 2 aromatic heterocycles. The predicted octanol–water partition coefficient (Wildman–Crippen LogP) is 4.13. The van der Waals surface area contributed by atoms with E-state index < -0.39 is 16.1 Å². The van der Waals surface area contributed by atoms with Gasteiger partial charge in [0, 0.05) is 7.11 Å². The number of rotatable bonds is 8. The van der Waals surface area contributed by atoms with Gasteiger partial charge in [-0.1, -0.05) is 30.3 Å². The molecular formula is C22H22N4O4S. The number of aromatic nitrogens is 2. The number of para-hydroxylation sites is 2. The average molecular weight is 439 g/mol. The average Bonchev–Trinajstić information content (AvgIpc) is 3.20. The highest BCUT2D eigenvalue weighted by Gasteiger charge is 2.22. The summed E-state index contributed by atoms with van der Waals surface area (Å²) in [4.78, 5) is 9.25. The quantitative estimate of drug-likeness (QED) is 0.426. The summed E-state index contributed by atoms with van der Waals surface area (Å²) in [5.74, 6) is 1.76. The fourth-order valence-corrected chi connectivity index (χ4v) is 4.16. The Kier molecular flexibility index (Phi) is 5.88. The molecular weight excluding hydrogens is 416 g/mol. The molecule has 0 bridgehead atoms. The van der Waals surface area contributed by atoms with Crippen LogP contribution in [0.25, 0.3) is 11.0 Å². The molecule has 1 atom stereocenters. The molecule has 0 saturated heterocycles. The first-order valence-corrected chi connectivity index (χ1v) is 11.1. The summed E-state index contributed by atoms with van der Waals surface area (Å²) in [6.07, 6.45) is 0. The molecule has 9 heteroatoms. The predicted molar refractivity (Wildman–Crippen MR) is 118 cm³/mol. The van der Waals surface area contributed by atoms with Crippen molar-refractivity contribution in [2.45, 2.75) is 17.9 Å². The van der Waals surface area contributed by atoms with E-state index in [1.807, 2.05) is 37.3 Å². The first-order chi connectivity index (χ1) is 15.0. The summed E-state index contributed by atoms with van der Waals surface area (Å²) in [6, 6.07) is 18.7. The van der Waals surface area contributed by atoms with E-state index in [0.717, 1.165) is 5.76 Å². The molecule has 160 valence electrons. The van der Waals surface area contributed by atoms with Gasteiger partial charge in [0.05, 0.1) is 22.5 Å². The molecule has 31 heavy (non-hydrogen) atoms. The zero-order valence-corrected chi connectivity index (χ0v) is 17.9. The Morgan fingerprint density at radius 1 is 0.935 bits per heavy atom. The number of benzene rings is 2. The number of furan rings is 1. The maximum Gasteiger partial charge on any atom is 0.263 e. The number of hydrogen-bond donors (Lipinski definition) is 2. The van der Waals surface area contributed by atoms with Gasteiger partial charge < -0.3 is 14.5 Å². The van der Waals surface area contributed by atoms with Crippen LogP contribution in [0, 0.1) is 6.92 Å². The number of nitrogens with one attached hydrogen (secondary N) is 2. The lowest BCUT2D eigenvalue weighted by atomic mass is 10.2. The van der Waals surface area contributed by atoms with Gasteiger partial charge in [0.25, 0.3) is 10.0 Å². The largest absolute Gasteiger partial charge is 0.464 e. The molecule has 2 aromatic carbocycles. The van der Waals surface area contributed by atoms with Gasteiger partial charge in [-0.15, -0.1) is 0 Å². The Hall–Kier alpha value is -3.43. The van der Waals surface area contributed by atoms with Crippen molar-refractivity contribution in [1.82, 2.24) is 9.97 Å². The van der Waals surface area contributed by atoms with Crippen LogP contribution in [0.4, 0.5) is 11.6 Å². The van der Waals surface area contributed by atoms with Gasteiger partial charge >= 0.3 is 0 Å². The molecule has 0 spiro atoms. The highest BCUT2D eigenvalue weighted by atomic mass is 32.2. The van der Waals surface area contributed by atoms with Crippen LogP contribution in [0.3, 0.4) is 0 Å². The number of hydrogen-bond acceptors (Lipinski definition) is 7. The van der Waals surface area contributed by atoms with E-state index in [1.54, 1.807) is 31.4 Å². The number of fused-ring (bicyclic) bond motifs is 1. The third-order valence-corrected chi connectivity index (χ3v) is 5.96. The number of methoxy groups -OCH3 is 1. The van der Waals surface area contributed by atoms with Crippen LogP contribution < -0.4 is 10.0 Å². The highest BCUT2D eigenvalue weighted by Crippen LogP contribution is 2.28. The second-order valence-corrected chi connectivity index (χ2v) is 8.61. The van der Waals surface area contributed by atoms with E-state index in [2.05, 4.69) is 20.0 Å². The second-order valence-electron chi connectivity index (χ2n) is 6.93. The van der Waals surface area contributed by atoms with Gasteiger partial charge in [-0.25, -0.2) is 18.4 Å². The highest BCUT2D eigenvalue weighted by molar-refractivity contribution is 7.92. The van der Waals surface area contributed by atoms with Crippen LogP contribution in [0.15, 0.2) is 76.0 Å². The minimum Gasteiger partial charge on any atom is -0.464 e. The maximum atomic E-state index is 12.9. The molecule has 4 aromatic rings. The molecule has 4 rings (SSSR count). The lowest BCUT2D eigenvalue weighted by Crippen LogP contribution is -2.20. The normalized spacial score (nSPS) is 12.6. The van der Waals surface area contributed by atoms with Gasteiger partial charge in [-0.05, 0) is 43.3 Å². The van der Waals surface area contributed by atoms with Crippen LogP contribution >= 0.6 is 0 Å². The van der Waals surface area contributed by atoms with Gasteiger partial charge in [-0.2, -0.15) is 0 Å². The molecule has 0 aliphatic carbocycles. The summed E-state index contributed by atoms with van der Waals surface area (Å²) in [5, 5.41) is 3.23. The van der Waals surface area contributed by atoms with Crippen molar-refractivity contribution in [3.63, 3.8) is 0 Å². The Bertz CT molecular complexity index is 1290. The summed E-state index contributed by atoms with van der Waals surface area (Å²) in [5.41, 5.74) is 1.19. The Morgan fingerprint density at radius 2 is 1.58 bits per heavy atom. The van der Waals surface area contributed by atoms with Crippen molar-refractivity contribution in [1.29, 1.82) is 0 Å². The molecule has 8 nitrogen and oxygen atoms in total. The number of aryl methyl sites for hydroxylation is 1. The van der Waals surface area contributed by atoms with Crippen LogP contribution in [0.5, 0.6) is 0 Å². The van der Waals surface area contributed by atoms with Gasteiger partial charge in [0.2, 0.25) is 0 Å². The van der Waals surface area contributed by atoms with Crippen LogP contribution in [0.2, 0.25) is 0 Å². The lowest BCUT2D eigenvalue weighted by Gasteiger charge is -2.19. The minimum atomic E-state index is -3.86. The van der Waals surface area contributed by atoms with Crippen molar-refractivity contribution < 1.29 is 17.6 Å². The lowest BCUT2D eigenvalue weighted by molar-refractivity contribution is 0.178. The van der Waals surface area contributed by atoms with E-state index >= 15 is 0 Å². The fraction of sp³-hybridized carbons (Fsp3) is 0.182. The third kappa shape index (κ3) is 4.68. The monoisotopic (exact) mass is 438 g/mol. The van der Waals surface area contributed by atoms with Crippen molar-refractivity contribution in [3.8, 4) is 0 Å². The van der Waals surface area contributed by atoms with Crippen LogP contribution in [-0.4, -0.2) is 32.1 Å². The standard InChI is InChI=1S/C22H22N4O4S/c1-15-12-13-20(30-15)19(14-29-2)25-21-22(24-18-11-7-6-10-17(18)23-21)26-31(27,28)16-8-4-3-5-9-16/h3-13,19H,14H2,1-2H3,(H,23,25)(H,24,26). The topological polar surface area (TPSA) is 106 Å². The van der Waals surface area contributed by atoms with Gasteiger partial charge in [-0.3, -0.25) is 4.72 Å². The molecule has 0 radical (unpaired) electrons. The first kappa shape index (κ1) is 20.8. The third-order valence-electron chi connectivity index (χ3n) is 4.60. The molecule has 0 fully saturated rings. The maximum absolute atomic E-state index is 12.9. The minimum absolute atomic E-state index is 0.0898. The van der Waals surface area contributed by atoms with E-state index in [1.165, 1.54) is 12.1 Å². The van der Waals surface area contributed by atoms with E-state index in [-0.39, 0.29) is 23.1 Å². The number of nitrogens with zero attached hydrogens (tertiary/aromatic N) is 2. The molecule has 2 heterocycles. The van der Waals surface area contributed by atoms with Crippen molar-refractivity contribution in [2.24, 2.45) is 0 Å². The number of sulfonamides is 1. The molecule has 2 N–H and O–H groups in total. The van der Waals surface area contributed by atoms with Crippen LogP contribution in [0.1, 0.15) is 17.6 Å². The zero-order valence-electron chi connectivity index (χ0n) is 17.1. The smallest absolute Gasteiger partial charge is 0.263 e. The molecule has 0 amide bonds. The van der Waals surface area contributed by atoms with E-state index in [9.17, 15) is 8.42 Å². The molecule has 0 aliphatic heterocycles. The zero-order chi connectivity index (χ0) is 21.8. The van der Waals surface area contributed by atoms with E-state index in [0.29, 0.717) is 16.8 Å². The molecule has 1 unspecified atom stereocenters. The van der Waals surface area contributed by atoms with E-state index in [4.69, 9.17) is 9.15 Å². The van der Waals surface area contributed by atoms with Gasteiger partial charge in [0.15, 0.2) is 11.6 Å².